The van der Waals surface area contributed by atoms with Crippen LogP contribution in [0.15, 0.2) is 54.6 Å². The second kappa shape index (κ2) is 9.31. The number of carbonyl (C=O) groups is 4. The maximum Gasteiger partial charge on any atom is 0.336 e. The minimum Gasteiger partial charge on any atom is -0.480 e. The number of carboxylic acid groups (broad SMARTS) is 2. The first-order chi connectivity index (χ1) is 13.3. The van der Waals surface area contributed by atoms with E-state index in [1.807, 2.05) is 0 Å². The summed E-state index contributed by atoms with van der Waals surface area (Å²) in [5.74, 6) is -3.90. The lowest BCUT2D eigenvalue weighted by atomic mass is 10.0. The molecule has 0 fully saturated rings. The zero-order chi connectivity index (χ0) is 20.7. The van der Waals surface area contributed by atoms with Crippen LogP contribution in [0.2, 0.25) is 0 Å². The zero-order valence-electron chi connectivity index (χ0n) is 15.1. The van der Waals surface area contributed by atoms with Gasteiger partial charge < -0.3 is 20.8 Å². The van der Waals surface area contributed by atoms with E-state index in [1.165, 1.54) is 31.2 Å². The van der Waals surface area contributed by atoms with Crippen LogP contribution in [0.25, 0.3) is 0 Å². The summed E-state index contributed by atoms with van der Waals surface area (Å²) in [6.07, 6.45) is 0.111. The number of amides is 2. The Kier molecular flexibility index (Phi) is 6.86. The van der Waals surface area contributed by atoms with Crippen molar-refractivity contribution in [1.29, 1.82) is 0 Å². The summed E-state index contributed by atoms with van der Waals surface area (Å²) in [5, 5.41) is 23.1. The van der Waals surface area contributed by atoms with Crippen molar-refractivity contribution in [2.24, 2.45) is 0 Å². The Balaban J connectivity index is 2.26. The minimum absolute atomic E-state index is 0.0906. The fraction of sp³-hybridized carbons (Fsp3) is 0.200. The molecule has 0 heterocycles. The Labute approximate surface area is 161 Å². The first kappa shape index (κ1) is 20.6. The minimum atomic E-state index is -1.27. The molecule has 0 aliphatic rings. The monoisotopic (exact) mass is 384 g/mol. The molecule has 0 aliphatic heterocycles. The summed E-state index contributed by atoms with van der Waals surface area (Å²) in [6, 6.07) is 12.3. The molecule has 0 unspecified atom stereocenters. The highest BCUT2D eigenvalue weighted by Gasteiger charge is 2.26. The van der Waals surface area contributed by atoms with Crippen LogP contribution in [0.3, 0.4) is 0 Å². The molecule has 146 valence electrons. The molecular weight excluding hydrogens is 364 g/mol. The third-order valence-electron chi connectivity index (χ3n) is 4.04. The number of hydrogen-bond acceptors (Lipinski definition) is 4. The van der Waals surface area contributed by atoms with Crippen LogP contribution in [-0.4, -0.2) is 46.0 Å². The molecule has 8 nitrogen and oxygen atoms in total. The van der Waals surface area contributed by atoms with Gasteiger partial charge in [-0.2, -0.15) is 0 Å². The lowest BCUT2D eigenvalue weighted by molar-refractivity contribution is -0.141. The highest BCUT2D eigenvalue weighted by atomic mass is 16.4. The Morgan fingerprint density at radius 1 is 0.857 bits per heavy atom. The second-order valence-corrected chi connectivity index (χ2v) is 6.14. The van der Waals surface area contributed by atoms with Crippen molar-refractivity contribution < 1.29 is 29.4 Å². The number of nitrogens with one attached hydrogen (secondary N) is 2. The van der Waals surface area contributed by atoms with Gasteiger partial charge in [0.15, 0.2) is 0 Å². The van der Waals surface area contributed by atoms with Crippen molar-refractivity contribution in [2.45, 2.75) is 25.4 Å². The molecule has 2 rings (SSSR count). The topological polar surface area (TPSA) is 133 Å². The van der Waals surface area contributed by atoms with Gasteiger partial charge in [-0.05, 0) is 24.6 Å². The van der Waals surface area contributed by atoms with Gasteiger partial charge in [-0.15, -0.1) is 0 Å². The van der Waals surface area contributed by atoms with Crippen LogP contribution >= 0.6 is 0 Å². The van der Waals surface area contributed by atoms with Gasteiger partial charge in [0, 0.05) is 6.42 Å². The van der Waals surface area contributed by atoms with Crippen molar-refractivity contribution in [2.75, 3.05) is 0 Å². The lowest BCUT2D eigenvalue weighted by Crippen LogP contribution is -2.51. The van der Waals surface area contributed by atoms with Crippen LogP contribution in [0.4, 0.5) is 0 Å². The van der Waals surface area contributed by atoms with Crippen molar-refractivity contribution in [3.63, 3.8) is 0 Å². The summed E-state index contributed by atoms with van der Waals surface area (Å²) in [7, 11) is 0. The number of hydrogen-bond donors (Lipinski definition) is 4. The summed E-state index contributed by atoms with van der Waals surface area (Å²) < 4.78 is 0. The van der Waals surface area contributed by atoms with E-state index in [-0.39, 0.29) is 17.5 Å². The van der Waals surface area contributed by atoms with Gasteiger partial charge in [0.25, 0.3) is 5.91 Å². The van der Waals surface area contributed by atoms with Crippen molar-refractivity contribution in [3.8, 4) is 0 Å². The van der Waals surface area contributed by atoms with E-state index in [9.17, 15) is 24.3 Å². The molecule has 2 aromatic rings. The molecule has 8 heteroatoms. The SMILES string of the molecule is C[C@H](NC(=O)[C@H](Cc1ccccc1)NC(=O)c1ccccc1C(=O)O)C(=O)O. The second-order valence-electron chi connectivity index (χ2n) is 6.14. The molecule has 2 aromatic carbocycles. The number of rotatable bonds is 8. The zero-order valence-corrected chi connectivity index (χ0v) is 15.1. The molecule has 0 aromatic heterocycles. The number of aliphatic carboxylic acids is 1. The molecule has 0 saturated carbocycles. The van der Waals surface area contributed by atoms with E-state index in [0.29, 0.717) is 0 Å². The predicted molar refractivity (Wildman–Crippen MR) is 100 cm³/mol. The molecule has 2 amide bonds. The average Bonchev–Trinajstić information content (AvgIpc) is 2.67. The lowest BCUT2D eigenvalue weighted by Gasteiger charge is -2.20. The van der Waals surface area contributed by atoms with Gasteiger partial charge in [-0.25, -0.2) is 4.79 Å². The maximum absolute atomic E-state index is 12.6. The predicted octanol–water partition coefficient (Wildman–Crippen LogP) is 1.32. The van der Waals surface area contributed by atoms with Crippen molar-refractivity contribution in [3.05, 3.63) is 71.3 Å². The fourth-order valence-electron chi connectivity index (χ4n) is 2.54. The normalized spacial score (nSPS) is 12.5. The largest absolute Gasteiger partial charge is 0.480 e. The third-order valence-corrected chi connectivity index (χ3v) is 4.04. The maximum atomic E-state index is 12.6. The van der Waals surface area contributed by atoms with Crippen LogP contribution in [0, 0.1) is 0 Å². The van der Waals surface area contributed by atoms with Crippen LogP contribution in [-0.2, 0) is 16.0 Å². The highest BCUT2D eigenvalue weighted by Crippen LogP contribution is 2.10. The molecule has 0 radical (unpaired) electrons. The number of benzene rings is 2. The molecule has 0 bridgehead atoms. The Bertz CT molecular complexity index is 881. The average molecular weight is 384 g/mol. The molecule has 0 aliphatic carbocycles. The number of carboxylic acids is 2. The van der Waals surface area contributed by atoms with E-state index in [0.717, 1.165) is 5.56 Å². The highest BCUT2D eigenvalue weighted by molar-refractivity contribution is 6.06. The van der Waals surface area contributed by atoms with Crippen LogP contribution in [0.1, 0.15) is 33.2 Å². The van der Waals surface area contributed by atoms with E-state index >= 15 is 0 Å². The van der Waals surface area contributed by atoms with E-state index in [2.05, 4.69) is 10.6 Å². The molecule has 0 saturated heterocycles. The van der Waals surface area contributed by atoms with Crippen LogP contribution < -0.4 is 10.6 Å². The summed E-state index contributed by atoms with van der Waals surface area (Å²) in [6.45, 7) is 1.31. The van der Waals surface area contributed by atoms with Gasteiger partial charge in [-0.1, -0.05) is 42.5 Å². The van der Waals surface area contributed by atoms with Gasteiger partial charge in [-0.3, -0.25) is 14.4 Å². The standard InChI is InChI=1S/C20H20N2O6/c1-12(19(25)26)21-18(24)16(11-13-7-3-2-4-8-13)22-17(23)14-9-5-6-10-15(14)20(27)28/h2-10,12,16H,11H2,1H3,(H,21,24)(H,22,23)(H,25,26)(H,27,28)/t12-,16-/m0/s1. The van der Waals surface area contributed by atoms with E-state index in [4.69, 9.17) is 5.11 Å². The molecular formula is C20H20N2O6. The van der Waals surface area contributed by atoms with Crippen LogP contribution in [0.5, 0.6) is 0 Å². The smallest absolute Gasteiger partial charge is 0.336 e. The number of aromatic carboxylic acids is 1. The summed E-state index contributed by atoms with van der Waals surface area (Å²) >= 11 is 0. The summed E-state index contributed by atoms with van der Waals surface area (Å²) in [4.78, 5) is 47.5. The van der Waals surface area contributed by atoms with Crippen molar-refractivity contribution in [1.82, 2.24) is 10.6 Å². The van der Waals surface area contributed by atoms with E-state index in [1.54, 1.807) is 30.3 Å². The molecule has 4 N–H and O–H groups in total. The Morgan fingerprint density at radius 3 is 2.00 bits per heavy atom. The van der Waals surface area contributed by atoms with Gasteiger partial charge in [0.05, 0.1) is 11.1 Å². The third kappa shape index (κ3) is 5.41. The number of carbonyl (C=O) groups excluding carboxylic acids is 2. The molecule has 0 spiro atoms. The first-order valence-corrected chi connectivity index (χ1v) is 8.50. The van der Waals surface area contributed by atoms with Gasteiger partial charge in [0.2, 0.25) is 5.91 Å². The van der Waals surface area contributed by atoms with Gasteiger partial charge >= 0.3 is 11.9 Å². The summed E-state index contributed by atoms with van der Waals surface area (Å²) in [5.41, 5.74) is 0.461. The molecule has 28 heavy (non-hydrogen) atoms. The fourth-order valence-corrected chi connectivity index (χ4v) is 2.54. The molecule has 2 atom stereocenters. The van der Waals surface area contributed by atoms with Crippen molar-refractivity contribution >= 4 is 23.8 Å². The van der Waals surface area contributed by atoms with E-state index < -0.39 is 35.8 Å². The first-order valence-electron chi connectivity index (χ1n) is 8.50. The Hall–Kier alpha value is -3.68. The Morgan fingerprint density at radius 2 is 1.43 bits per heavy atom. The quantitative estimate of drug-likeness (QED) is 0.542. The van der Waals surface area contributed by atoms with Gasteiger partial charge in [0.1, 0.15) is 12.1 Å².